The Morgan fingerprint density at radius 1 is 1.13 bits per heavy atom. The van der Waals surface area contributed by atoms with Crippen molar-refractivity contribution >= 4 is 5.91 Å². The minimum atomic E-state index is -0.159. The lowest BCUT2D eigenvalue weighted by atomic mass is 9.82. The highest BCUT2D eigenvalue weighted by Gasteiger charge is 2.39. The van der Waals surface area contributed by atoms with Crippen LogP contribution in [0.5, 0.6) is 0 Å². The number of hydrogen-bond acceptors (Lipinski definition) is 4. The standard InChI is InChI=1S/C24H39N3O3/c1-29-18-15-26(20-21-7-6-12-25-11-3-2-8-22(21)25)23(28)19-24(9-16-30-17-10-24)27-13-4-5-14-27/h4-5,13-14,21-22H,2-3,6-12,15-20H2,1H3/t21-,22+/m0/s1. The Labute approximate surface area is 181 Å². The van der Waals surface area contributed by atoms with Crippen molar-refractivity contribution in [3.63, 3.8) is 0 Å². The second-order valence-electron chi connectivity index (χ2n) is 9.44. The topological polar surface area (TPSA) is 46.9 Å². The van der Waals surface area contributed by atoms with Crippen LogP contribution in [0.4, 0.5) is 0 Å². The van der Waals surface area contributed by atoms with Crippen LogP contribution in [0.15, 0.2) is 24.5 Å². The van der Waals surface area contributed by atoms with Crippen LogP contribution in [-0.4, -0.2) is 79.4 Å². The molecule has 3 fully saturated rings. The van der Waals surface area contributed by atoms with E-state index < -0.39 is 0 Å². The van der Waals surface area contributed by atoms with Gasteiger partial charge >= 0.3 is 0 Å². The Balaban J connectivity index is 1.47. The monoisotopic (exact) mass is 417 g/mol. The largest absolute Gasteiger partial charge is 0.383 e. The number of carbonyl (C=O) groups is 1. The number of piperidine rings is 2. The lowest BCUT2D eigenvalue weighted by Crippen LogP contribution is -2.53. The molecule has 0 aromatic carbocycles. The molecule has 6 heteroatoms. The molecule has 0 unspecified atom stereocenters. The van der Waals surface area contributed by atoms with Gasteiger partial charge in [-0.25, -0.2) is 0 Å². The highest BCUT2D eigenvalue weighted by atomic mass is 16.5. The van der Waals surface area contributed by atoms with Crippen molar-refractivity contribution in [1.29, 1.82) is 0 Å². The molecule has 168 valence electrons. The molecule has 3 saturated heterocycles. The third-order valence-electron chi connectivity index (χ3n) is 7.66. The summed E-state index contributed by atoms with van der Waals surface area (Å²) in [5, 5.41) is 0. The average molecular weight is 418 g/mol. The normalized spacial score (nSPS) is 26.8. The van der Waals surface area contributed by atoms with Crippen molar-refractivity contribution in [2.24, 2.45) is 5.92 Å². The molecule has 0 radical (unpaired) electrons. The zero-order valence-electron chi connectivity index (χ0n) is 18.6. The molecule has 30 heavy (non-hydrogen) atoms. The summed E-state index contributed by atoms with van der Waals surface area (Å²) in [4.78, 5) is 18.5. The van der Waals surface area contributed by atoms with E-state index in [1.165, 1.54) is 45.2 Å². The highest BCUT2D eigenvalue weighted by Crippen LogP contribution is 2.35. The molecular weight excluding hydrogens is 378 g/mol. The lowest BCUT2D eigenvalue weighted by Gasteiger charge is -2.46. The number of rotatable bonds is 8. The van der Waals surface area contributed by atoms with Gasteiger partial charge in [-0.05, 0) is 69.7 Å². The lowest BCUT2D eigenvalue weighted by molar-refractivity contribution is -0.137. The van der Waals surface area contributed by atoms with Gasteiger partial charge in [0.15, 0.2) is 0 Å². The van der Waals surface area contributed by atoms with Gasteiger partial charge in [0, 0.05) is 51.8 Å². The molecule has 4 rings (SSSR count). The Hall–Kier alpha value is -1.37. The summed E-state index contributed by atoms with van der Waals surface area (Å²) in [6.45, 7) is 6.10. The van der Waals surface area contributed by atoms with E-state index >= 15 is 0 Å². The third-order valence-corrected chi connectivity index (χ3v) is 7.66. The van der Waals surface area contributed by atoms with Crippen molar-refractivity contribution in [1.82, 2.24) is 14.4 Å². The van der Waals surface area contributed by atoms with Crippen molar-refractivity contribution in [3.05, 3.63) is 24.5 Å². The Morgan fingerprint density at radius 3 is 2.67 bits per heavy atom. The van der Waals surface area contributed by atoms with Crippen molar-refractivity contribution < 1.29 is 14.3 Å². The fourth-order valence-electron chi connectivity index (χ4n) is 5.91. The highest BCUT2D eigenvalue weighted by molar-refractivity contribution is 5.77. The minimum Gasteiger partial charge on any atom is -0.383 e. The number of ether oxygens (including phenoxy) is 2. The number of carbonyl (C=O) groups excluding carboxylic acids is 1. The summed E-state index contributed by atoms with van der Waals surface area (Å²) in [7, 11) is 1.73. The van der Waals surface area contributed by atoms with Gasteiger partial charge in [0.25, 0.3) is 0 Å². The number of methoxy groups -OCH3 is 1. The van der Waals surface area contributed by atoms with Crippen LogP contribution in [-0.2, 0) is 19.8 Å². The Morgan fingerprint density at radius 2 is 1.90 bits per heavy atom. The molecule has 3 aliphatic rings. The van der Waals surface area contributed by atoms with Gasteiger partial charge in [-0.3, -0.25) is 4.79 Å². The molecule has 0 aliphatic carbocycles. The first-order valence-electron chi connectivity index (χ1n) is 11.9. The smallest absolute Gasteiger partial charge is 0.225 e. The maximum atomic E-state index is 13.7. The van der Waals surface area contributed by atoms with Gasteiger partial charge in [0.2, 0.25) is 5.91 Å². The fourth-order valence-corrected chi connectivity index (χ4v) is 5.91. The van der Waals surface area contributed by atoms with Crippen LogP contribution in [0, 0.1) is 5.92 Å². The predicted molar refractivity (Wildman–Crippen MR) is 117 cm³/mol. The van der Waals surface area contributed by atoms with Gasteiger partial charge in [0.05, 0.1) is 18.6 Å². The molecule has 1 amide bonds. The molecule has 1 aromatic heterocycles. The van der Waals surface area contributed by atoms with Crippen LogP contribution in [0.2, 0.25) is 0 Å². The summed E-state index contributed by atoms with van der Waals surface area (Å²) in [6.07, 6.45) is 13.0. The molecule has 0 N–H and O–H groups in total. The van der Waals surface area contributed by atoms with Crippen molar-refractivity contribution in [2.45, 2.75) is 62.9 Å². The second kappa shape index (κ2) is 10.3. The Kier molecular flexibility index (Phi) is 7.50. The van der Waals surface area contributed by atoms with Gasteiger partial charge in [-0.1, -0.05) is 6.42 Å². The zero-order valence-corrected chi connectivity index (χ0v) is 18.6. The molecule has 0 bridgehead atoms. The van der Waals surface area contributed by atoms with Crippen LogP contribution in [0.3, 0.4) is 0 Å². The Bertz CT molecular complexity index is 655. The quantitative estimate of drug-likeness (QED) is 0.652. The molecule has 0 spiro atoms. The van der Waals surface area contributed by atoms with E-state index in [0.717, 1.165) is 32.6 Å². The summed E-state index contributed by atoms with van der Waals surface area (Å²) < 4.78 is 13.3. The second-order valence-corrected chi connectivity index (χ2v) is 9.44. The summed E-state index contributed by atoms with van der Waals surface area (Å²) in [5.74, 6) is 0.868. The summed E-state index contributed by atoms with van der Waals surface area (Å²) >= 11 is 0. The number of nitrogens with zero attached hydrogens (tertiary/aromatic N) is 3. The van der Waals surface area contributed by atoms with Gasteiger partial charge in [-0.15, -0.1) is 0 Å². The molecule has 1 aromatic rings. The van der Waals surface area contributed by atoms with Crippen molar-refractivity contribution in [3.8, 4) is 0 Å². The first kappa shape index (κ1) is 21.8. The van der Waals surface area contributed by atoms with E-state index in [1.54, 1.807) is 7.11 Å². The third kappa shape index (κ3) is 4.92. The first-order chi connectivity index (χ1) is 14.7. The van der Waals surface area contributed by atoms with Gasteiger partial charge in [-0.2, -0.15) is 0 Å². The number of hydrogen-bond donors (Lipinski definition) is 0. The molecule has 3 aliphatic heterocycles. The summed E-state index contributed by atoms with van der Waals surface area (Å²) in [5.41, 5.74) is -0.159. The fraction of sp³-hybridized carbons (Fsp3) is 0.792. The average Bonchev–Trinajstić information content (AvgIpc) is 3.33. The van der Waals surface area contributed by atoms with E-state index in [-0.39, 0.29) is 11.4 Å². The van der Waals surface area contributed by atoms with Crippen LogP contribution >= 0.6 is 0 Å². The molecule has 4 heterocycles. The van der Waals surface area contributed by atoms with Crippen LogP contribution in [0.25, 0.3) is 0 Å². The van der Waals surface area contributed by atoms with E-state index in [0.29, 0.717) is 31.5 Å². The molecule has 0 saturated carbocycles. The maximum Gasteiger partial charge on any atom is 0.225 e. The zero-order chi connectivity index (χ0) is 20.8. The molecule has 6 nitrogen and oxygen atoms in total. The maximum absolute atomic E-state index is 13.7. The number of amides is 1. The van der Waals surface area contributed by atoms with Gasteiger partial charge in [0.1, 0.15) is 0 Å². The van der Waals surface area contributed by atoms with E-state index in [4.69, 9.17) is 9.47 Å². The molecular formula is C24H39N3O3. The van der Waals surface area contributed by atoms with Crippen molar-refractivity contribution in [2.75, 3.05) is 53.1 Å². The SMILES string of the molecule is COCCN(C[C@@H]1CCCN2CCCC[C@H]12)C(=O)CC1(n2cccc2)CCOCC1. The van der Waals surface area contributed by atoms with Crippen LogP contribution < -0.4 is 0 Å². The minimum absolute atomic E-state index is 0.159. The van der Waals surface area contributed by atoms with E-state index in [9.17, 15) is 4.79 Å². The first-order valence-corrected chi connectivity index (χ1v) is 11.9. The number of fused-ring (bicyclic) bond motifs is 1. The van der Waals surface area contributed by atoms with Crippen LogP contribution in [0.1, 0.15) is 51.4 Å². The van der Waals surface area contributed by atoms with E-state index in [2.05, 4.69) is 38.9 Å². The van der Waals surface area contributed by atoms with E-state index in [1.807, 2.05) is 0 Å². The molecule has 2 atom stereocenters. The number of aromatic nitrogens is 1. The van der Waals surface area contributed by atoms with Gasteiger partial charge < -0.3 is 23.8 Å². The predicted octanol–water partition coefficient (Wildman–Crippen LogP) is 3.12. The summed E-state index contributed by atoms with van der Waals surface area (Å²) in [6, 6.07) is 4.78.